The first kappa shape index (κ1) is 28.4. The Morgan fingerprint density at radius 2 is 2.00 bits per heavy atom. The smallest absolute Gasteiger partial charge is 0.268 e. The minimum Gasteiger partial charge on any atom is -0.493 e. The number of fused-ring (bicyclic) bond motifs is 2. The summed E-state index contributed by atoms with van der Waals surface area (Å²) in [6.07, 6.45) is 4.93. The number of ether oxygens (including phenoxy) is 2. The third-order valence-electron chi connectivity index (χ3n) is 8.07. The van der Waals surface area contributed by atoms with Gasteiger partial charge in [0.25, 0.3) is 5.91 Å². The van der Waals surface area contributed by atoms with Crippen molar-refractivity contribution >= 4 is 22.7 Å². The molecule has 3 aromatic rings. The van der Waals surface area contributed by atoms with Gasteiger partial charge in [-0.05, 0) is 49.3 Å². The highest BCUT2D eigenvalue weighted by Gasteiger charge is 2.35. The number of nitrogens with zero attached hydrogens (tertiary/aromatic N) is 2. The lowest BCUT2D eigenvalue weighted by atomic mass is 9.75. The van der Waals surface area contributed by atoms with E-state index in [1.165, 1.54) is 0 Å². The van der Waals surface area contributed by atoms with Crippen LogP contribution in [0.4, 0.5) is 0 Å². The molecule has 1 aliphatic carbocycles. The van der Waals surface area contributed by atoms with Crippen LogP contribution in [0.1, 0.15) is 96.8 Å². The van der Waals surface area contributed by atoms with Crippen molar-refractivity contribution in [3.63, 3.8) is 0 Å². The minimum absolute atomic E-state index is 0.109. The number of benzene rings is 1. The number of imidazole rings is 1. The third-order valence-corrected chi connectivity index (χ3v) is 8.07. The molecule has 0 bridgehead atoms. The van der Waals surface area contributed by atoms with Crippen molar-refractivity contribution < 1.29 is 19.1 Å². The lowest BCUT2D eigenvalue weighted by Crippen LogP contribution is -2.37. The number of aromatic nitrogens is 3. The standard InChI is InChI=1S/C31H43N5O4/c1-5-6-8-23(35-30(38)28-20(2)27-25(32-28)18-31(3,4)19-26(27)37)29-33-22-10-9-21(17-24(22)34-29)40-14-7-11-36-12-15-39-16-13-36/h9-10,17,23,32H,5-8,11-16,18-19H2,1-4H3,(H,33,34)(H,35,38)/t23-/m0/s1. The number of H-pyrrole nitrogens is 2. The van der Waals surface area contributed by atoms with Crippen LogP contribution < -0.4 is 10.1 Å². The van der Waals surface area contributed by atoms with Gasteiger partial charge in [0, 0.05) is 43.4 Å². The first-order valence-electron chi connectivity index (χ1n) is 14.7. The number of aromatic amines is 2. The Balaban J connectivity index is 1.27. The van der Waals surface area contributed by atoms with E-state index in [1.54, 1.807) is 0 Å². The third kappa shape index (κ3) is 6.41. The Morgan fingerprint density at radius 3 is 2.77 bits per heavy atom. The molecule has 1 atom stereocenters. The molecular weight excluding hydrogens is 506 g/mol. The van der Waals surface area contributed by atoms with Crippen LogP contribution in [-0.2, 0) is 11.2 Å². The van der Waals surface area contributed by atoms with Gasteiger partial charge in [-0.15, -0.1) is 0 Å². The molecule has 5 rings (SSSR count). The van der Waals surface area contributed by atoms with Crippen molar-refractivity contribution in [1.82, 2.24) is 25.2 Å². The zero-order valence-corrected chi connectivity index (χ0v) is 24.3. The van der Waals surface area contributed by atoms with Gasteiger partial charge in [-0.25, -0.2) is 4.98 Å². The molecule has 3 heterocycles. The first-order chi connectivity index (χ1) is 19.2. The summed E-state index contributed by atoms with van der Waals surface area (Å²) in [4.78, 5) is 40.3. The van der Waals surface area contributed by atoms with Crippen molar-refractivity contribution in [3.05, 3.63) is 46.5 Å². The first-order valence-corrected chi connectivity index (χ1v) is 14.7. The highest BCUT2D eigenvalue weighted by atomic mass is 16.5. The maximum absolute atomic E-state index is 13.5. The number of carbonyl (C=O) groups is 2. The zero-order valence-electron chi connectivity index (χ0n) is 24.3. The van der Waals surface area contributed by atoms with E-state index in [9.17, 15) is 9.59 Å². The van der Waals surface area contributed by atoms with Gasteiger partial charge in [0.05, 0.1) is 36.9 Å². The molecule has 0 spiro atoms. The number of Topliss-reactive ketones (excluding diaryl/α,β-unsaturated/α-hetero) is 1. The molecule has 1 amide bonds. The Labute approximate surface area is 236 Å². The average Bonchev–Trinajstić information content (AvgIpc) is 3.49. The van der Waals surface area contributed by atoms with Crippen molar-refractivity contribution in [1.29, 1.82) is 0 Å². The molecule has 1 aromatic carbocycles. The van der Waals surface area contributed by atoms with Crippen LogP contribution >= 0.6 is 0 Å². The van der Waals surface area contributed by atoms with E-state index < -0.39 is 0 Å². The molecule has 40 heavy (non-hydrogen) atoms. The molecule has 1 aliphatic heterocycles. The van der Waals surface area contributed by atoms with E-state index in [1.807, 2.05) is 25.1 Å². The van der Waals surface area contributed by atoms with Crippen LogP contribution in [0.15, 0.2) is 18.2 Å². The van der Waals surface area contributed by atoms with Crippen molar-refractivity contribution in [2.24, 2.45) is 5.41 Å². The lowest BCUT2D eigenvalue weighted by Gasteiger charge is -2.28. The molecule has 2 aromatic heterocycles. The molecule has 1 fully saturated rings. The summed E-state index contributed by atoms with van der Waals surface area (Å²) in [7, 11) is 0. The quantitative estimate of drug-likeness (QED) is 0.286. The largest absolute Gasteiger partial charge is 0.493 e. The van der Waals surface area contributed by atoms with Gasteiger partial charge in [0.15, 0.2) is 5.78 Å². The van der Waals surface area contributed by atoms with Crippen LogP contribution in [0.2, 0.25) is 0 Å². The Morgan fingerprint density at radius 1 is 1.20 bits per heavy atom. The van der Waals surface area contributed by atoms with Gasteiger partial charge in [-0.2, -0.15) is 0 Å². The summed E-state index contributed by atoms with van der Waals surface area (Å²) >= 11 is 0. The van der Waals surface area contributed by atoms with Crippen LogP contribution in [-0.4, -0.2) is 71.0 Å². The minimum atomic E-state index is -0.274. The van der Waals surface area contributed by atoms with Crippen LogP contribution in [0.25, 0.3) is 11.0 Å². The molecule has 0 saturated carbocycles. The fraction of sp³-hybridized carbons (Fsp3) is 0.581. The molecule has 216 valence electrons. The Hall–Kier alpha value is -3.17. The second-order valence-corrected chi connectivity index (χ2v) is 12.0. The molecule has 3 N–H and O–H groups in total. The average molecular weight is 550 g/mol. The highest BCUT2D eigenvalue weighted by molar-refractivity contribution is 6.04. The molecule has 2 aliphatic rings. The van der Waals surface area contributed by atoms with E-state index in [0.717, 1.165) is 98.8 Å². The number of hydrogen-bond donors (Lipinski definition) is 3. The zero-order chi connectivity index (χ0) is 28.3. The van der Waals surface area contributed by atoms with Crippen molar-refractivity contribution in [2.45, 2.75) is 72.3 Å². The van der Waals surface area contributed by atoms with E-state index in [0.29, 0.717) is 24.3 Å². The topological polar surface area (TPSA) is 112 Å². The summed E-state index contributed by atoms with van der Waals surface area (Å²) in [6.45, 7) is 13.4. The molecule has 1 saturated heterocycles. The highest BCUT2D eigenvalue weighted by Crippen LogP contribution is 2.37. The van der Waals surface area contributed by atoms with Crippen molar-refractivity contribution in [2.75, 3.05) is 39.5 Å². The molecule has 0 unspecified atom stereocenters. The number of rotatable bonds is 11. The monoisotopic (exact) mass is 549 g/mol. The van der Waals surface area contributed by atoms with E-state index in [2.05, 4.69) is 41.0 Å². The van der Waals surface area contributed by atoms with Gasteiger partial charge >= 0.3 is 0 Å². The van der Waals surface area contributed by atoms with Crippen molar-refractivity contribution in [3.8, 4) is 5.75 Å². The van der Waals surface area contributed by atoms with E-state index >= 15 is 0 Å². The lowest BCUT2D eigenvalue weighted by molar-refractivity contribution is 0.0358. The van der Waals surface area contributed by atoms with Gasteiger partial charge < -0.3 is 24.8 Å². The SMILES string of the molecule is CCCC[C@H](NC(=O)c1[nH]c2c(c1C)C(=O)CC(C)(C)C2)c1nc2ccc(OCCCN3CCOCC3)cc2[nH]1. The summed E-state index contributed by atoms with van der Waals surface area (Å²) < 4.78 is 11.4. The number of unbranched alkanes of at least 4 members (excludes halogenated alkanes) is 1. The molecule has 9 nitrogen and oxygen atoms in total. The number of nitrogens with one attached hydrogen (secondary N) is 3. The summed E-state index contributed by atoms with van der Waals surface area (Å²) in [5.41, 5.74) is 4.38. The summed E-state index contributed by atoms with van der Waals surface area (Å²) in [5.74, 6) is 1.44. The van der Waals surface area contributed by atoms with Crippen LogP contribution in [0.3, 0.4) is 0 Å². The molecule has 9 heteroatoms. The number of ketones is 1. The fourth-order valence-corrected chi connectivity index (χ4v) is 5.94. The Kier molecular flexibility index (Phi) is 8.61. The maximum Gasteiger partial charge on any atom is 0.268 e. The Bertz CT molecular complexity index is 1350. The predicted molar refractivity (Wildman–Crippen MR) is 155 cm³/mol. The van der Waals surface area contributed by atoms with Crippen LogP contribution in [0, 0.1) is 12.3 Å². The van der Waals surface area contributed by atoms with Gasteiger partial charge in [0.2, 0.25) is 0 Å². The van der Waals surface area contributed by atoms with Gasteiger partial charge in [0.1, 0.15) is 17.3 Å². The van der Waals surface area contributed by atoms with Gasteiger partial charge in [-0.3, -0.25) is 14.5 Å². The van der Waals surface area contributed by atoms with Crippen LogP contribution in [0.5, 0.6) is 5.75 Å². The van der Waals surface area contributed by atoms with Gasteiger partial charge in [-0.1, -0.05) is 33.6 Å². The molecule has 0 radical (unpaired) electrons. The predicted octanol–water partition coefficient (Wildman–Crippen LogP) is 5.12. The van der Waals surface area contributed by atoms with E-state index in [4.69, 9.17) is 14.5 Å². The maximum atomic E-state index is 13.5. The summed E-state index contributed by atoms with van der Waals surface area (Å²) in [5, 5.41) is 3.20. The summed E-state index contributed by atoms with van der Waals surface area (Å²) in [6, 6.07) is 5.62. The second-order valence-electron chi connectivity index (χ2n) is 12.0. The van der Waals surface area contributed by atoms with E-state index in [-0.39, 0.29) is 23.1 Å². The molecular formula is C31H43N5O4. The second kappa shape index (κ2) is 12.1. The number of hydrogen-bond acceptors (Lipinski definition) is 6. The number of amides is 1. The number of carbonyl (C=O) groups excluding carboxylic acids is 2. The normalized spacial score (nSPS) is 18.1. The fourth-order valence-electron chi connectivity index (χ4n) is 5.94. The number of morpholine rings is 1.